The van der Waals surface area contributed by atoms with E-state index in [1.807, 2.05) is 0 Å². The van der Waals surface area contributed by atoms with Crippen LogP contribution in [0.4, 0.5) is 0 Å². The lowest BCUT2D eigenvalue weighted by molar-refractivity contribution is -0.140. The number of rotatable bonds is 4. The number of halogens is 1. The van der Waals surface area contributed by atoms with Gasteiger partial charge in [0.15, 0.2) is 11.5 Å². The summed E-state index contributed by atoms with van der Waals surface area (Å²) in [5.74, 6) is -0.681. The third-order valence-electron chi connectivity index (χ3n) is 5.41. The van der Waals surface area contributed by atoms with Crippen molar-refractivity contribution in [2.24, 2.45) is 28.8 Å². The summed E-state index contributed by atoms with van der Waals surface area (Å²) in [5, 5.41) is 15.1. The lowest BCUT2D eigenvalue weighted by Gasteiger charge is -2.37. The van der Waals surface area contributed by atoms with Gasteiger partial charge in [-0.15, -0.1) is 0 Å². The molecule has 1 N–H and O–H groups in total. The number of phenols is 1. The monoisotopic (exact) mass is 374 g/mol. The largest absolute Gasteiger partial charge is 0.503 e. The molecule has 1 aromatic carbocycles. The van der Waals surface area contributed by atoms with E-state index in [9.17, 15) is 14.7 Å². The van der Waals surface area contributed by atoms with E-state index >= 15 is 0 Å². The summed E-state index contributed by atoms with van der Waals surface area (Å²) in [5.41, 5.74) is 0.535. The molecule has 4 atom stereocenters. The first-order chi connectivity index (χ1) is 12.5. The van der Waals surface area contributed by atoms with Crippen LogP contribution in [0, 0.1) is 23.7 Å². The van der Waals surface area contributed by atoms with Gasteiger partial charge in [0.05, 0.1) is 29.7 Å². The Morgan fingerprint density at radius 2 is 1.85 bits per heavy atom. The molecule has 1 saturated heterocycles. The van der Waals surface area contributed by atoms with Crippen LogP contribution in [0.2, 0.25) is 5.02 Å². The topological polar surface area (TPSA) is 79.2 Å². The molecule has 136 valence electrons. The Hall–Kier alpha value is -2.34. The van der Waals surface area contributed by atoms with Crippen LogP contribution in [0.3, 0.4) is 0 Å². The van der Waals surface area contributed by atoms with Crippen LogP contribution in [0.1, 0.15) is 25.3 Å². The Labute approximate surface area is 156 Å². The molecule has 1 heterocycles. The maximum Gasteiger partial charge on any atom is 0.254 e. The Bertz CT molecular complexity index is 803. The summed E-state index contributed by atoms with van der Waals surface area (Å²) in [6.45, 7) is 2.16. The molecule has 2 amide bonds. The SMILES string of the molecule is CCOc1cc(/C=N\N2C(=O)[C@H]3[C@H](C2=O)[C@H]2C=C[C@H]3CC2)cc(Cl)c1O. The zero-order chi connectivity index (χ0) is 18.4. The summed E-state index contributed by atoms with van der Waals surface area (Å²) in [6.07, 6.45) is 7.44. The Balaban J connectivity index is 1.60. The predicted octanol–water partition coefficient (Wildman–Crippen LogP) is 2.98. The maximum absolute atomic E-state index is 12.7. The standard InChI is InChI=1S/C19H19ClN2O4/c1-2-26-14-8-10(7-13(20)17(14)23)9-21-22-18(24)15-11-3-4-12(6-5-11)16(15)19(22)25/h3-4,7-9,11-12,15-16,23H,2,5-6H2,1H3/b21-9-/t11-,12-,15+,16+/m0/s1. The highest BCUT2D eigenvalue weighted by molar-refractivity contribution is 6.32. The van der Waals surface area contributed by atoms with Gasteiger partial charge in [0.2, 0.25) is 0 Å². The fourth-order valence-corrected chi connectivity index (χ4v) is 4.45. The number of phenolic OH excluding ortho intramolecular Hbond substituents is 1. The van der Waals surface area contributed by atoms with Crippen LogP contribution in [0.25, 0.3) is 0 Å². The number of carbonyl (C=O) groups is 2. The average molecular weight is 375 g/mol. The Kier molecular flexibility index (Phi) is 4.23. The normalized spacial score (nSPS) is 29.7. The van der Waals surface area contributed by atoms with E-state index in [2.05, 4.69) is 17.3 Å². The number of allylic oxidation sites excluding steroid dienone is 2. The summed E-state index contributed by atoms with van der Waals surface area (Å²) in [7, 11) is 0. The number of aromatic hydroxyl groups is 1. The Morgan fingerprint density at radius 3 is 2.38 bits per heavy atom. The lowest BCUT2D eigenvalue weighted by atomic mass is 9.63. The molecule has 2 bridgehead atoms. The fourth-order valence-electron chi connectivity index (χ4n) is 4.23. The number of ether oxygens (including phenoxy) is 1. The van der Waals surface area contributed by atoms with E-state index in [1.54, 1.807) is 13.0 Å². The molecular formula is C19H19ClN2O4. The highest BCUT2D eigenvalue weighted by atomic mass is 35.5. The number of hydrazone groups is 1. The third-order valence-corrected chi connectivity index (χ3v) is 5.70. The number of nitrogens with zero attached hydrogens (tertiary/aromatic N) is 2. The van der Waals surface area contributed by atoms with Crippen molar-refractivity contribution in [3.8, 4) is 11.5 Å². The highest BCUT2D eigenvalue weighted by Crippen LogP contribution is 2.49. The van der Waals surface area contributed by atoms with Crippen molar-refractivity contribution in [2.75, 3.05) is 6.61 Å². The smallest absolute Gasteiger partial charge is 0.254 e. The first-order valence-electron chi connectivity index (χ1n) is 8.76. The van der Waals surface area contributed by atoms with Gasteiger partial charge in [0.25, 0.3) is 11.8 Å². The zero-order valence-electron chi connectivity index (χ0n) is 14.3. The molecular weight excluding hydrogens is 356 g/mol. The highest BCUT2D eigenvalue weighted by Gasteiger charge is 2.56. The summed E-state index contributed by atoms with van der Waals surface area (Å²) >= 11 is 6.01. The van der Waals surface area contributed by atoms with Crippen molar-refractivity contribution < 1.29 is 19.4 Å². The van der Waals surface area contributed by atoms with Gasteiger partial charge >= 0.3 is 0 Å². The zero-order valence-corrected chi connectivity index (χ0v) is 15.0. The summed E-state index contributed by atoms with van der Waals surface area (Å²) in [4.78, 5) is 25.4. The van der Waals surface area contributed by atoms with Crippen LogP contribution in [0.15, 0.2) is 29.4 Å². The minimum atomic E-state index is -0.286. The second kappa shape index (κ2) is 6.43. The van der Waals surface area contributed by atoms with Crippen molar-refractivity contribution in [1.29, 1.82) is 0 Å². The van der Waals surface area contributed by atoms with Gasteiger partial charge in [-0.2, -0.15) is 10.1 Å². The van der Waals surface area contributed by atoms with Crippen LogP contribution in [-0.2, 0) is 9.59 Å². The number of imide groups is 1. The Morgan fingerprint density at radius 1 is 1.23 bits per heavy atom. The minimum Gasteiger partial charge on any atom is -0.503 e. The molecule has 4 aliphatic rings. The molecule has 0 aromatic heterocycles. The van der Waals surface area contributed by atoms with Gasteiger partial charge in [-0.3, -0.25) is 9.59 Å². The first-order valence-corrected chi connectivity index (χ1v) is 9.14. The number of amides is 2. The lowest BCUT2D eigenvalue weighted by Crippen LogP contribution is -2.38. The molecule has 0 unspecified atom stereocenters. The quantitative estimate of drug-likeness (QED) is 0.499. The van der Waals surface area contributed by atoms with Gasteiger partial charge in [-0.25, -0.2) is 0 Å². The molecule has 1 aromatic rings. The van der Waals surface area contributed by atoms with Gasteiger partial charge < -0.3 is 9.84 Å². The number of fused-ring (bicyclic) bond motifs is 1. The molecule has 0 radical (unpaired) electrons. The first kappa shape index (κ1) is 17.1. The minimum absolute atomic E-state index is 0.118. The van der Waals surface area contributed by atoms with E-state index in [1.165, 1.54) is 12.3 Å². The molecule has 3 aliphatic carbocycles. The molecule has 26 heavy (non-hydrogen) atoms. The van der Waals surface area contributed by atoms with Crippen LogP contribution in [-0.4, -0.2) is 34.8 Å². The molecule has 2 fully saturated rings. The number of carbonyl (C=O) groups excluding carboxylic acids is 2. The predicted molar refractivity (Wildman–Crippen MR) is 96.1 cm³/mol. The summed E-state index contributed by atoms with van der Waals surface area (Å²) < 4.78 is 5.33. The van der Waals surface area contributed by atoms with Crippen LogP contribution >= 0.6 is 11.6 Å². The number of benzene rings is 1. The second-order valence-electron chi connectivity index (χ2n) is 6.86. The molecule has 5 rings (SSSR count). The fraction of sp³-hybridized carbons (Fsp3) is 0.421. The molecule has 0 spiro atoms. The van der Waals surface area contributed by atoms with Crippen molar-refractivity contribution in [3.63, 3.8) is 0 Å². The van der Waals surface area contributed by atoms with Crippen LogP contribution in [0.5, 0.6) is 11.5 Å². The maximum atomic E-state index is 12.7. The summed E-state index contributed by atoms with van der Waals surface area (Å²) in [6, 6.07) is 3.07. The van der Waals surface area contributed by atoms with Crippen molar-refractivity contribution in [3.05, 3.63) is 34.9 Å². The van der Waals surface area contributed by atoms with Crippen molar-refractivity contribution in [2.45, 2.75) is 19.8 Å². The molecule has 7 heteroatoms. The van der Waals surface area contributed by atoms with Gasteiger partial charge in [-0.05, 0) is 49.3 Å². The van der Waals surface area contributed by atoms with Gasteiger partial charge in [-0.1, -0.05) is 23.8 Å². The van der Waals surface area contributed by atoms with E-state index in [0.717, 1.165) is 17.9 Å². The van der Waals surface area contributed by atoms with Gasteiger partial charge in [0, 0.05) is 0 Å². The average Bonchev–Trinajstić information content (AvgIpc) is 2.91. The number of hydrogen-bond acceptors (Lipinski definition) is 5. The van der Waals surface area contributed by atoms with E-state index in [0.29, 0.717) is 12.2 Å². The number of hydrogen-bond donors (Lipinski definition) is 1. The van der Waals surface area contributed by atoms with E-state index < -0.39 is 0 Å². The third kappa shape index (κ3) is 2.60. The molecule has 1 aliphatic heterocycles. The van der Waals surface area contributed by atoms with E-state index in [-0.39, 0.29) is 52.0 Å². The second-order valence-corrected chi connectivity index (χ2v) is 7.26. The van der Waals surface area contributed by atoms with Crippen LogP contribution < -0.4 is 4.74 Å². The van der Waals surface area contributed by atoms with E-state index in [4.69, 9.17) is 16.3 Å². The molecule has 6 nitrogen and oxygen atoms in total. The molecule has 1 saturated carbocycles. The van der Waals surface area contributed by atoms with Crippen molar-refractivity contribution in [1.82, 2.24) is 5.01 Å². The van der Waals surface area contributed by atoms with Gasteiger partial charge in [0.1, 0.15) is 0 Å². The van der Waals surface area contributed by atoms with Crippen molar-refractivity contribution >= 4 is 29.6 Å².